The van der Waals surface area contributed by atoms with Crippen LogP contribution in [0.2, 0.25) is 0 Å². The third-order valence-electron chi connectivity index (χ3n) is 5.90. The van der Waals surface area contributed by atoms with Crippen LogP contribution >= 0.6 is 0 Å². The number of hydroxylamine groups is 2. The number of hydrogen-bond donors (Lipinski definition) is 6. The highest BCUT2D eigenvalue weighted by atomic mass is 32.2. The summed E-state index contributed by atoms with van der Waals surface area (Å²) in [7, 11) is -7.76. The third kappa shape index (κ3) is 10.7. The van der Waals surface area contributed by atoms with E-state index < -0.39 is 55.2 Å². The van der Waals surface area contributed by atoms with Crippen LogP contribution in [-0.4, -0.2) is 73.0 Å². The van der Waals surface area contributed by atoms with Crippen molar-refractivity contribution in [2.45, 2.75) is 22.0 Å². The molecule has 0 radical (unpaired) electrons. The number of benzene rings is 4. The standard InChI is InChI=1S/2C15H15NO6S/c2*17-14(15(18)16-19)10-23(20,21)13-8-6-12(7-9-13)22-11-4-2-1-3-5-11/h2*1-9,14,17,19H,10H2,(H,16,18). The molecule has 4 rings (SSSR count). The molecule has 2 amide bonds. The molecule has 0 saturated heterocycles. The molecule has 0 fully saturated rings. The Balaban J connectivity index is 0.000000250. The number of ether oxygens (including phenoxy) is 2. The molecular formula is C30H30N2O12S2. The second-order valence-electron chi connectivity index (χ2n) is 9.32. The smallest absolute Gasteiger partial charge is 0.273 e. The fourth-order valence-electron chi connectivity index (χ4n) is 3.59. The quantitative estimate of drug-likeness (QED) is 0.0940. The minimum Gasteiger partial charge on any atom is -0.457 e. The van der Waals surface area contributed by atoms with Crippen LogP contribution in [0.5, 0.6) is 23.0 Å². The Morgan fingerprint density at radius 3 is 1.09 bits per heavy atom. The van der Waals surface area contributed by atoms with Gasteiger partial charge >= 0.3 is 0 Å². The maximum atomic E-state index is 12.1. The maximum absolute atomic E-state index is 12.1. The first-order valence-corrected chi connectivity index (χ1v) is 16.5. The highest BCUT2D eigenvalue weighted by Crippen LogP contribution is 2.24. The van der Waals surface area contributed by atoms with Gasteiger partial charge < -0.3 is 19.7 Å². The van der Waals surface area contributed by atoms with E-state index in [1.807, 2.05) is 36.4 Å². The predicted molar refractivity (Wildman–Crippen MR) is 162 cm³/mol. The van der Waals surface area contributed by atoms with Crippen molar-refractivity contribution in [3.8, 4) is 23.0 Å². The molecule has 0 bridgehead atoms. The van der Waals surface area contributed by atoms with E-state index in [1.54, 1.807) is 24.3 Å². The van der Waals surface area contributed by atoms with Crippen molar-refractivity contribution in [3.05, 3.63) is 109 Å². The Kier molecular flexibility index (Phi) is 12.8. The van der Waals surface area contributed by atoms with Crippen LogP contribution in [0.1, 0.15) is 0 Å². The molecule has 16 heteroatoms. The first-order valence-electron chi connectivity index (χ1n) is 13.2. The molecule has 4 aromatic rings. The normalized spacial score (nSPS) is 12.4. The number of carbonyl (C=O) groups excluding carboxylic acids is 2. The Labute approximate surface area is 264 Å². The van der Waals surface area contributed by atoms with Crippen molar-refractivity contribution >= 4 is 31.5 Å². The van der Waals surface area contributed by atoms with E-state index in [-0.39, 0.29) is 9.79 Å². The molecule has 0 aliphatic carbocycles. The summed E-state index contributed by atoms with van der Waals surface area (Å²) in [5.74, 6) is -1.92. The molecule has 0 aliphatic rings. The zero-order chi connectivity index (χ0) is 33.7. The molecule has 0 aliphatic heterocycles. The molecular weight excluding hydrogens is 644 g/mol. The lowest BCUT2D eigenvalue weighted by molar-refractivity contribution is -0.137. The van der Waals surface area contributed by atoms with Crippen molar-refractivity contribution in [2.75, 3.05) is 11.5 Å². The van der Waals surface area contributed by atoms with Crippen LogP contribution in [0, 0.1) is 0 Å². The predicted octanol–water partition coefficient (Wildman–Crippen LogP) is 2.24. The van der Waals surface area contributed by atoms with Gasteiger partial charge in [-0.1, -0.05) is 36.4 Å². The lowest BCUT2D eigenvalue weighted by atomic mass is 10.3. The van der Waals surface area contributed by atoms with E-state index >= 15 is 0 Å². The first kappa shape index (κ1) is 35.6. The molecule has 0 heterocycles. The Bertz CT molecular complexity index is 1650. The van der Waals surface area contributed by atoms with Crippen LogP contribution in [0.25, 0.3) is 0 Å². The largest absolute Gasteiger partial charge is 0.457 e. The van der Waals surface area contributed by atoms with Crippen molar-refractivity contribution in [3.63, 3.8) is 0 Å². The molecule has 46 heavy (non-hydrogen) atoms. The number of aliphatic hydroxyl groups excluding tert-OH is 2. The monoisotopic (exact) mass is 674 g/mol. The van der Waals surface area contributed by atoms with Gasteiger partial charge in [-0.2, -0.15) is 0 Å². The number of carbonyl (C=O) groups is 2. The number of para-hydroxylation sites is 2. The van der Waals surface area contributed by atoms with Crippen molar-refractivity contribution in [2.24, 2.45) is 0 Å². The topological polar surface area (TPSA) is 226 Å². The molecule has 0 saturated carbocycles. The summed E-state index contributed by atoms with van der Waals surface area (Å²) in [4.78, 5) is 21.8. The summed E-state index contributed by atoms with van der Waals surface area (Å²) in [5, 5.41) is 35.5. The highest BCUT2D eigenvalue weighted by Gasteiger charge is 2.26. The fourth-order valence-corrected chi connectivity index (χ4v) is 6.21. The average molecular weight is 675 g/mol. The summed E-state index contributed by atoms with van der Waals surface area (Å²) in [6.07, 6.45) is -3.71. The van der Waals surface area contributed by atoms with Gasteiger partial charge in [0.2, 0.25) is 0 Å². The van der Waals surface area contributed by atoms with Crippen molar-refractivity contribution < 1.29 is 56.5 Å². The summed E-state index contributed by atoms with van der Waals surface area (Å²) in [6, 6.07) is 29.1. The van der Waals surface area contributed by atoms with E-state index in [0.29, 0.717) is 23.0 Å². The number of rotatable bonds is 12. The second kappa shape index (κ2) is 16.5. The maximum Gasteiger partial charge on any atom is 0.273 e. The number of hydrogen-bond acceptors (Lipinski definition) is 12. The molecule has 244 valence electrons. The summed E-state index contributed by atoms with van der Waals surface area (Å²) in [6.45, 7) is 0. The van der Waals surface area contributed by atoms with Gasteiger partial charge in [0, 0.05) is 0 Å². The van der Waals surface area contributed by atoms with Gasteiger partial charge in [0.15, 0.2) is 19.7 Å². The zero-order valence-electron chi connectivity index (χ0n) is 23.8. The SMILES string of the molecule is O=C(NO)C(O)CS(=O)(=O)c1ccc(Oc2ccccc2)cc1.O=C(NO)C(O)CS(=O)(=O)c1ccc(Oc2ccccc2)cc1. The van der Waals surface area contributed by atoms with Crippen molar-refractivity contribution in [1.82, 2.24) is 11.0 Å². The summed E-state index contributed by atoms with van der Waals surface area (Å²) < 4.78 is 59.4. The average Bonchev–Trinajstić information content (AvgIpc) is 3.05. The van der Waals surface area contributed by atoms with E-state index in [0.717, 1.165) is 0 Å². The zero-order valence-corrected chi connectivity index (χ0v) is 25.5. The highest BCUT2D eigenvalue weighted by molar-refractivity contribution is 7.91. The van der Waals surface area contributed by atoms with Crippen LogP contribution < -0.4 is 20.4 Å². The minimum absolute atomic E-state index is 0.0669. The Morgan fingerprint density at radius 1 is 0.522 bits per heavy atom. The van der Waals surface area contributed by atoms with Crippen LogP contribution in [0.3, 0.4) is 0 Å². The number of sulfone groups is 2. The lowest BCUT2D eigenvalue weighted by Gasteiger charge is -2.10. The van der Waals surface area contributed by atoms with Gasteiger partial charge in [-0.05, 0) is 72.8 Å². The molecule has 2 unspecified atom stereocenters. The number of aliphatic hydroxyl groups is 2. The third-order valence-corrected chi connectivity index (χ3v) is 9.39. The summed E-state index contributed by atoms with van der Waals surface area (Å²) in [5.41, 5.74) is 2.40. The number of nitrogens with one attached hydrogen (secondary N) is 2. The Morgan fingerprint density at radius 2 is 0.804 bits per heavy atom. The second-order valence-corrected chi connectivity index (χ2v) is 13.4. The van der Waals surface area contributed by atoms with Gasteiger partial charge in [-0.3, -0.25) is 20.0 Å². The molecule has 0 aromatic heterocycles. The number of amides is 2. The van der Waals surface area contributed by atoms with E-state index in [9.17, 15) is 36.6 Å². The molecule has 6 N–H and O–H groups in total. The fraction of sp³-hybridized carbons (Fsp3) is 0.133. The molecule has 0 spiro atoms. The van der Waals surface area contributed by atoms with Gasteiger partial charge in [0.05, 0.1) is 21.3 Å². The van der Waals surface area contributed by atoms with Crippen LogP contribution in [0.15, 0.2) is 119 Å². The van der Waals surface area contributed by atoms with E-state index in [1.165, 1.54) is 59.5 Å². The molecule has 14 nitrogen and oxygen atoms in total. The lowest BCUT2D eigenvalue weighted by Crippen LogP contribution is -2.37. The van der Waals surface area contributed by atoms with Crippen LogP contribution in [-0.2, 0) is 29.3 Å². The van der Waals surface area contributed by atoms with E-state index in [4.69, 9.17) is 19.9 Å². The van der Waals surface area contributed by atoms with Gasteiger partial charge in [0.1, 0.15) is 35.2 Å². The first-order chi connectivity index (χ1) is 21.8. The van der Waals surface area contributed by atoms with Crippen molar-refractivity contribution in [1.29, 1.82) is 0 Å². The van der Waals surface area contributed by atoms with Crippen LogP contribution in [0.4, 0.5) is 0 Å². The molecule has 4 aromatic carbocycles. The summed E-state index contributed by atoms with van der Waals surface area (Å²) >= 11 is 0. The van der Waals surface area contributed by atoms with Gasteiger partial charge in [-0.25, -0.2) is 27.8 Å². The van der Waals surface area contributed by atoms with Gasteiger partial charge in [0.25, 0.3) is 11.8 Å². The van der Waals surface area contributed by atoms with Gasteiger partial charge in [-0.15, -0.1) is 0 Å². The van der Waals surface area contributed by atoms with E-state index in [2.05, 4.69) is 0 Å². The molecule has 2 atom stereocenters. The Hall–Kier alpha value is -4.84. The minimum atomic E-state index is -3.88.